The summed E-state index contributed by atoms with van der Waals surface area (Å²) in [6.07, 6.45) is 0.733. The van der Waals surface area contributed by atoms with Crippen molar-refractivity contribution in [2.24, 2.45) is 0 Å². The Morgan fingerprint density at radius 3 is 2.74 bits per heavy atom. The number of anilines is 2. The number of hydrogen-bond acceptors (Lipinski definition) is 6. The van der Waals surface area contributed by atoms with Crippen molar-refractivity contribution >= 4 is 23.4 Å². The molecule has 9 heteroatoms. The highest BCUT2D eigenvalue weighted by Gasteiger charge is 2.33. The van der Waals surface area contributed by atoms with Crippen LogP contribution in [0.4, 0.5) is 20.6 Å². The molecule has 148 valence electrons. The van der Waals surface area contributed by atoms with Gasteiger partial charge in [0.25, 0.3) is 0 Å². The van der Waals surface area contributed by atoms with Crippen LogP contribution in [-0.4, -0.2) is 57.4 Å². The summed E-state index contributed by atoms with van der Waals surface area (Å²) >= 11 is 0. The Kier molecular flexibility index (Phi) is 6.12. The van der Waals surface area contributed by atoms with Crippen molar-refractivity contribution in [3.05, 3.63) is 24.0 Å². The molecule has 1 atom stereocenters. The molecule has 2 saturated heterocycles. The molecule has 2 amide bonds. The number of nitrogens with one attached hydrogen (secondary N) is 2. The first-order chi connectivity index (χ1) is 13.0. The van der Waals surface area contributed by atoms with Crippen molar-refractivity contribution in [2.45, 2.75) is 31.9 Å². The Hall–Kier alpha value is -2.39. The second kappa shape index (κ2) is 8.53. The number of hydroxylamine groups is 1. The average Bonchev–Trinajstić information content (AvgIpc) is 3.02. The standard InChI is InChI=1S/C18H25FN4O4/c1-12(24)20-10-15-11-23(18(25)27-15)14-3-4-17(16(19)9-14)22-7-5-13(6-8-22)21-26-2/h3-4,9,13,15,21H,5-8,10-11H2,1-2H3,(H,20,24)/t15-/m0/s1. The van der Waals surface area contributed by atoms with Gasteiger partial charge >= 0.3 is 6.09 Å². The number of carbonyl (C=O) groups excluding carboxylic acids is 2. The summed E-state index contributed by atoms with van der Waals surface area (Å²) in [6.45, 7) is 3.36. The van der Waals surface area contributed by atoms with Crippen molar-refractivity contribution in [1.29, 1.82) is 0 Å². The van der Waals surface area contributed by atoms with Gasteiger partial charge in [0.1, 0.15) is 11.9 Å². The summed E-state index contributed by atoms with van der Waals surface area (Å²) in [5, 5.41) is 2.62. The summed E-state index contributed by atoms with van der Waals surface area (Å²) in [5.74, 6) is -0.562. The van der Waals surface area contributed by atoms with Crippen molar-refractivity contribution in [1.82, 2.24) is 10.8 Å². The summed E-state index contributed by atoms with van der Waals surface area (Å²) in [5.41, 5.74) is 3.91. The maximum atomic E-state index is 14.7. The van der Waals surface area contributed by atoms with Gasteiger partial charge in [0.2, 0.25) is 5.91 Å². The van der Waals surface area contributed by atoms with Crippen LogP contribution in [0.15, 0.2) is 18.2 Å². The van der Waals surface area contributed by atoms with E-state index in [9.17, 15) is 14.0 Å². The van der Waals surface area contributed by atoms with Crippen molar-refractivity contribution in [3.8, 4) is 0 Å². The van der Waals surface area contributed by atoms with Crippen LogP contribution in [0.3, 0.4) is 0 Å². The predicted octanol–water partition coefficient (Wildman–Crippen LogP) is 1.41. The number of amides is 2. The molecule has 3 rings (SSSR count). The number of halogens is 1. The topological polar surface area (TPSA) is 83.1 Å². The van der Waals surface area contributed by atoms with E-state index in [1.165, 1.54) is 17.9 Å². The Morgan fingerprint density at radius 2 is 2.11 bits per heavy atom. The Labute approximate surface area is 157 Å². The van der Waals surface area contributed by atoms with Gasteiger partial charge in [-0.3, -0.25) is 9.69 Å². The van der Waals surface area contributed by atoms with Crippen LogP contribution in [0.5, 0.6) is 0 Å². The van der Waals surface area contributed by atoms with E-state index in [4.69, 9.17) is 9.57 Å². The molecule has 0 bridgehead atoms. The van der Waals surface area contributed by atoms with Crippen LogP contribution in [0.2, 0.25) is 0 Å². The van der Waals surface area contributed by atoms with E-state index in [2.05, 4.69) is 10.8 Å². The van der Waals surface area contributed by atoms with Gasteiger partial charge in [-0.25, -0.2) is 9.18 Å². The average molecular weight is 380 g/mol. The van der Waals surface area contributed by atoms with Crippen LogP contribution in [0, 0.1) is 5.82 Å². The zero-order valence-electron chi connectivity index (χ0n) is 15.5. The second-order valence-electron chi connectivity index (χ2n) is 6.77. The van der Waals surface area contributed by atoms with E-state index in [0.29, 0.717) is 11.4 Å². The fourth-order valence-corrected chi connectivity index (χ4v) is 3.42. The number of carbonyl (C=O) groups is 2. The largest absolute Gasteiger partial charge is 0.442 e. The normalized spacial score (nSPS) is 20.7. The van der Waals surface area contributed by atoms with Gasteiger partial charge in [0.05, 0.1) is 31.6 Å². The van der Waals surface area contributed by atoms with Crippen molar-refractivity contribution in [2.75, 3.05) is 43.1 Å². The van der Waals surface area contributed by atoms with E-state index >= 15 is 0 Å². The molecule has 0 radical (unpaired) electrons. The lowest BCUT2D eigenvalue weighted by Crippen LogP contribution is -2.42. The van der Waals surface area contributed by atoms with Crippen molar-refractivity contribution < 1.29 is 23.6 Å². The number of piperidine rings is 1. The van der Waals surface area contributed by atoms with Crippen LogP contribution < -0.4 is 20.6 Å². The van der Waals surface area contributed by atoms with Gasteiger partial charge < -0.3 is 19.8 Å². The third-order valence-corrected chi connectivity index (χ3v) is 4.82. The number of cyclic esters (lactones) is 1. The molecule has 0 saturated carbocycles. The molecule has 2 aliphatic heterocycles. The van der Waals surface area contributed by atoms with Crippen LogP contribution >= 0.6 is 0 Å². The highest BCUT2D eigenvalue weighted by atomic mass is 19.1. The summed E-state index contributed by atoms with van der Waals surface area (Å²) < 4.78 is 19.9. The highest BCUT2D eigenvalue weighted by molar-refractivity contribution is 5.90. The third kappa shape index (κ3) is 4.67. The summed E-state index contributed by atoms with van der Waals surface area (Å²) in [7, 11) is 1.59. The molecule has 0 spiro atoms. The molecule has 8 nitrogen and oxygen atoms in total. The van der Waals surface area contributed by atoms with E-state index < -0.39 is 12.2 Å². The van der Waals surface area contributed by atoms with Gasteiger partial charge in [-0.15, -0.1) is 0 Å². The molecule has 2 fully saturated rings. The number of ether oxygens (including phenoxy) is 1. The highest BCUT2D eigenvalue weighted by Crippen LogP contribution is 2.29. The minimum absolute atomic E-state index is 0.190. The smallest absolute Gasteiger partial charge is 0.414 e. The van der Waals surface area contributed by atoms with Crippen molar-refractivity contribution in [3.63, 3.8) is 0 Å². The first-order valence-electron chi connectivity index (χ1n) is 9.03. The molecule has 0 aliphatic carbocycles. The van der Waals surface area contributed by atoms with Crippen LogP contribution in [-0.2, 0) is 14.4 Å². The van der Waals surface area contributed by atoms with Crippen LogP contribution in [0.1, 0.15) is 19.8 Å². The maximum Gasteiger partial charge on any atom is 0.414 e. The molecule has 0 aromatic heterocycles. The van der Waals surface area contributed by atoms with Gasteiger partial charge in [-0.05, 0) is 31.0 Å². The third-order valence-electron chi connectivity index (χ3n) is 4.82. The van der Waals surface area contributed by atoms with Gasteiger partial charge in [0.15, 0.2) is 0 Å². The van der Waals surface area contributed by atoms with E-state index in [1.54, 1.807) is 19.2 Å². The zero-order chi connectivity index (χ0) is 19.4. The molecule has 1 aromatic rings. The molecule has 1 aromatic carbocycles. The predicted molar refractivity (Wildman–Crippen MR) is 98.1 cm³/mol. The molecular weight excluding hydrogens is 355 g/mol. The monoisotopic (exact) mass is 380 g/mol. The zero-order valence-corrected chi connectivity index (χ0v) is 15.5. The second-order valence-corrected chi connectivity index (χ2v) is 6.77. The lowest BCUT2D eigenvalue weighted by atomic mass is 10.0. The maximum absolute atomic E-state index is 14.7. The minimum Gasteiger partial charge on any atom is -0.442 e. The quantitative estimate of drug-likeness (QED) is 0.726. The molecule has 27 heavy (non-hydrogen) atoms. The molecule has 2 aliphatic rings. The van der Waals surface area contributed by atoms with E-state index in [-0.39, 0.29) is 30.9 Å². The van der Waals surface area contributed by atoms with E-state index in [0.717, 1.165) is 25.9 Å². The number of nitrogens with zero attached hydrogens (tertiary/aromatic N) is 2. The summed E-state index contributed by atoms with van der Waals surface area (Å²) in [4.78, 5) is 31.4. The first-order valence-corrected chi connectivity index (χ1v) is 9.03. The Balaban J connectivity index is 1.63. The fraction of sp³-hybridized carbons (Fsp3) is 0.556. The molecule has 2 heterocycles. The van der Waals surface area contributed by atoms with Gasteiger partial charge in [-0.1, -0.05) is 0 Å². The molecule has 0 unspecified atom stereocenters. The van der Waals surface area contributed by atoms with E-state index in [1.807, 2.05) is 4.90 Å². The molecular formula is C18H25FN4O4. The molecule has 2 N–H and O–H groups in total. The number of hydrogen-bond donors (Lipinski definition) is 2. The lowest BCUT2D eigenvalue weighted by molar-refractivity contribution is -0.119. The van der Waals surface area contributed by atoms with Gasteiger partial charge in [0, 0.05) is 26.1 Å². The van der Waals surface area contributed by atoms with Crippen LogP contribution in [0.25, 0.3) is 0 Å². The minimum atomic E-state index is -0.538. The number of benzene rings is 1. The van der Waals surface area contributed by atoms with Gasteiger partial charge in [-0.2, -0.15) is 5.48 Å². The lowest BCUT2D eigenvalue weighted by Gasteiger charge is -2.33. The Morgan fingerprint density at radius 1 is 1.37 bits per heavy atom. The number of rotatable bonds is 6. The Bertz CT molecular complexity index is 694. The summed E-state index contributed by atoms with van der Waals surface area (Å²) in [6, 6.07) is 5.05. The SMILES string of the molecule is CONC1CCN(c2ccc(N3C[C@H](CNC(C)=O)OC3=O)cc2F)CC1. The first kappa shape index (κ1) is 19.4. The fourth-order valence-electron chi connectivity index (χ4n) is 3.42.